The highest BCUT2D eigenvalue weighted by atomic mass is 16.1. The number of amides is 1. The minimum atomic E-state index is -0.0481. The highest BCUT2D eigenvalue weighted by Crippen LogP contribution is 2.25. The predicted octanol–water partition coefficient (Wildman–Crippen LogP) is 1.78. The first-order valence-corrected chi connectivity index (χ1v) is 5.61. The molecular weight excluding hydrogens is 214 g/mol. The van der Waals surface area contributed by atoms with E-state index in [1.165, 1.54) is 12.6 Å². The number of nitrogens with one attached hydrogen (secondary N) is 1. The number of hydrogen-bond acceptors (Lipinski definition) is 3. The van der Waals surface area contributed by atoms with E-state index in [4.69, 9.17) is 0 Å². The SMILES string of the molecule is CC(=O)Nc1cccc(C2=CCN(C)N2C)c1. The number of rotatable bonds is 2. The quantitative estimate of drug-likeness (QED) is 0.842. The van der Waals surface area contributed by atoms with E-state index in [2.05, 4.69) is 21.4 Å². The van der Waals surface area contributed by atoms with Crippen LogP contribution in [-0.2, 0) is 4.79 Å². The second kappa shape index (κ2) is 4.59. The van der Waals surface area contributed by atoms with Crippen molar-refractivity contribution in [1.29, 1.82) is 0 Å². The Kier molecular flexibility index (Phi) is 3.15. The van der Waals surface area contributed by atoms with Gasteiger partial charge < -0.3 is 10.3 Å². The summed E-state index contributed by atoms with van der Waals surface area (Å²) >= 11 is 0. The summed E-state index contributed by atoms with van der Waals surface area (Å²) in [6.45, 7) is 2.43. The zero-order valence-electron chi connectivity index (χ0n) is 10.4. The number of carbonyl (C=O) groups is 1. The van der Waals surface area contributed by atoms with Crippen molar-refractivity contribution in [1.82, 2.24) is 10.0 Å². The van der Waals surface area contributed by atoms with Gasteiger partial charge in [-0.2, -0.15) is 0 Å². The van der Waals surface area contributed by atoms with Gasteiger partial charge in [0.2, 0.25) is 5.91 Å². The van der Waals surface area contributed by atoms with E-state index < -0.39 is 0 Å². The molecule has 0 saturated heterocycles. The Morgan fingerprint density at radius 3 is 2.71 bits per heavy atom. The highest BCUT2D eigenvalue weighted by Gasteiger charge is 2.17. The predicted molar refractivity (Wildman–Crippen MR) is 69.1 cm³/mol. The Hall–Kier alpha value is -1.81. The molecule has 1 heterocycles. The molecule has 0 atom stereocenters. The molecule has 1 aliphatic heterocycles. The van der Waals surface area contributed by atoms with Crippen LogP contribution in [0, 0.1) is 0 Å². The lowest BCUT2D eigenvalue weighted by atomic mass is 10.1. The molecule has 0 bridgehead atoms. The first kappa shape index (κ1) is 11.7. The van der Waals surface area contributed by atoms with Crippen molar-refractivity contribution < 1.29 is 4.79 Å². The number of hydrazine groups is 1. The molecule has 90 valence electrons. The number of benzene rings is 1. The van der Waals surface area contributed by atoms with Crippen molar-refractivity contribution in [2.45, 2.75) is 6.92 Å². The Labute approximate surface area is 101 Å². The van der Waals surface area contributed by atoms with E-state index in [0.717, 1.165) is 17.8 Å². The monoisotopic (exact) mass is 231 g/mol. The molecule has 0 unspecified atom stereocenters. The molecule has 1 amide bonds. The molecule has 0 spiro atoms. The van der Waals surface area contributed by atoms with Crippen molar-refractivity contribution in [2.24, 2.45) is 0 Å². The van der Waals surface area contributed by atoms with Crippen LogP contribution in [0.1, 0.15) is 12.5 Å². The van der Waals surface area contributed by atoms with E-state index in [9.17, 15) is 4.79 Å². The van der Waals surface area contributed by atoms with Gasteiger partial charge >= 0.3 is 0 Å². The fourth-order valence-electron chi connectivity index (χ4n) is 1.92. The molecule has 1 aromatic carbocycles. The Bertz CT molecular complexity index is 467. The number of hydrogen-bond donors (Lipinski definition) is 1. The summed E-state index contributed by atoms with van der Waals surface area (Å²) in [6.07, 6.45) is 2.17. The fraction of sp³-hybridized carbons (Fsp3) is 0.308. The van der Waals surface area contributed by atoms with Crippen LogP contribution in [0.2, 0.25) is 0 Å². The molecule has 0 aromatic heterocycles. The van der Waals surface area contributed by atoms with Gasteiger partial charge in [0.1, 0.15) is 0 Å². The molecule has 4 heteroatoms. The van der Waals surface area contributed by atoms with Gasteiger partial charge in [-0.15, -0.1) is 0 Å². The normalized spacial score (nSPS) is 15.9. The van der Waals surface area contributed by atoms with Crippen LogP contribution in [-0.4, -0.2) is 36.6 Å². The van der Waals surface area contributed by atoms with E-state index in [0.29, 0.717) is 0 Å². The molecule has 1 N–H and O–H groups in total. The third kappa shape index (κ3) is 2.47. The minimum absolute atomic E-state index is 0.0481. The first-order valence-electron chi connectivity index (χ1n) is 5.61. The summed E-state index contributed by atoms with van der Waals surface area (Å²) in [7, 11) is 4.07. The van der Waals surface area contributed by atoms with Crippen LogP contribution < -0.4 is 5.32 Å². The van der Waals surface area contributed by atoms with Crippen LogP contribution in [0.15, 0.2) is 30.3 Å². The zero-order chi connectivity index (χ0) is 12.4. The lowest BCUT2D eigenvalue weighted by molar-refractivity contribution is -0.114. The fourth-order valence-corrected chi connectivity index (χ4v) is 1.92. The van der Waals surface area contributed by atoms with Crippen LogP contribution in [0.4, 0.5) is 5.69 Å². The Morgan fingerprint density at radius 2 is 2.12 bits per heavy atom. The van der Waals surface area contributed by atoms with E-state index in [-0.39, 0.29) is 5.91 Å². The van der Waals surface area contributed by atoms with Crippen LogP contribution in [0.3, 0.4) is 0 Å². The van der Waals surface area contributed by atoms with E-state index in [1.54, 1.807) is 0 Å². The number of anilines is 1. The third-order valence-electron chi connectivity index (χ3n) is 2.89. The van der Waals surface area contributed by atoms with Gasteiger partial charge in [0.05, 0.1) is 5.70 Å². The van der Waals surface area contributed by atoms with Gasteiger partial charge in [-0.3, -0.25) is 4.79 Å². The summed E-state index contributed by atoms with van der Waals surface area (Å²) < 4.78 is 0. The second-order valence-electron chi connectivity index (χ2n) is 4.22. The smallest absolute Gasteiger partial charge is 0.221 e. The molecule has 1 aliphatic rings. The first-order chi connectivity index (χ1) is 8.08. The van der Waals surface area contributed by atoms with Gasteiger partial charge in [-0.1, -0.05) is 12.1 Å². The summed E-state index contributed by atoms with van der Waals surface area (Å²) in [4.78, 5) is 11.0. The number of carbonyl (C=O) groups excluding carboxylic acids is 1. The molecule has 0 fully saturated rings. The van der Waals surface area contributed by atoms with Crippen LogP contribution >= 0.6 is 0 Å². The molecule has 0 saturated carbocycles. The third-order valence-corrected chi connectivity index (χ3v) is 2.89. The molecule has 0 radical (unpaired) electrons. The van der Waals surface area contributed by atoms with Gasteiger partial charge in [-0.05, 0) is 18.2 Å². The average Bonchev–Trinajstić information content (AvgIpc) is 2.59. The van der Waals surface area contributed by atoms with Crippen LogP contribution in [0.5, 0.6) is 0 Å². The van der Waals surface area contributed by atoms with Gasteiger partial charge in [0.25, 0.3) is 0 Å². The zero-order valence-corrected chi connectivity index (χ0v) is 10.4. The summed E-state index contributed by atoms with van der Waals surface area (Å²) in [6, 6.07) is 7.88. The Balaban J connectivity index is 2.25. The molecule has 1 aromatic rings. The number of nitrogens with zero attached hydrogens (tertiary/aromatic N) is 2. The molecular formula is C13H17N3O. The van der Waals surface area contributed by atoms with Crippen molar-refractivity contribution in [2.75, 3.05) is 26.0 Å². The van der Waals surface area contributed by atoms with Crippen molar-refractivity contribution in [3.63, 3.8) is 0 Å². The van der Waals surface area contributed by atoms with Gasteiger partial charge in [-0.25, -0.2) is 5.01 Å². The molecule has 0 aliphatic carbocycles. The number of likely N-dealkylation sites (N-methyl/N-ethyl adjacent to an activating group) is 1. The lowest BCUT2D eigenvalue weighted by Crippen LogP contribution is -2.29. The average molecular weight is 231 g/mol. The van der Waals surface area contributed by atoms with Crippen molar-refractivity contribution in [3.05, 3.63) is 35.9 Å². The van der Waals surface area contributed by atoms with E-state index in [1.807, 2.05) is 38.4 Å². The molecule has 2 rings (SSSR count). The van der Waals surface area contributed by atoms with Gasteiger partial charge in [0, 0.05) is 38.8 Å². The lowest BCUT2D eigenvalue weighted by Gasteiger charge is -2.25. The van der Waals surface area contributed by atoms with Crippen LogP contribution in [0.25, 0.3) is 5.70 Å². The topological polar surface area (TPSA) is 35.6 Å². The maximum absolute atomic E-state index is 11.0. The second-order valence-corrected chi connectivity index (χ2v) is 4.22. The highest BCUT2D eigenvalue weighted by molar-refractivity contribution is 5.89. The molecule has 4 nitrogen and oxygen atoms in total. The van der Waals surface area contributed by atoms with Gasteiger partial charge in [0.15, 0.2) is 0 Å². The standard InChI is InChI=1S/C13H17N3O/c1-10(17)14-12-6-4-5-11(9-12)13-7-8-15(2)16(13)3/h4-7,9H,8H2,1-3H3,(H,14,17). The van der Waals surface area contributed by atoms with E-state index >= 15 is 0 Å². The minimum Gasteiger partial charge on any atom is -0.326 e. The summed E-state index contributed by atoms with van der Waals surface area (Å²) in [5, 5.41) is 7.03. The Morgan fingerprint density at radius 1 is 1.35 bits per heavy atom. The molecule has 17 heavy (non-hydrogen) atoms. The summed E-state index contributed by atoms with van der Waals surface area (Å²) in [5.74, 6) is -0.0481. The maximum atomic E-state index is 11.0. The van der Waals surface area contributed by atoms with Crippen molar-refractivity contribution in [3.8, 4) is 0 Å². The summed E-state index contributed by atoms with van der Waals surface area (Å²) in [5.41, 5.74) is 3.11. The van der Waals surface area contributed by atoms with Crippen molar-refractivity contribution >= 4 is 17.3 Å². The maximum Gasteiger partial charge on any atom is 0.221 e. The largest absolute Gasteiger partial charge is 0.326 e.